The second-order valence-corrected chi connectivity index (χ2v) is 14.3. The number of hydrogen-bond donors (Lipinski definition) is 0. The van der Waals surface area contributed by atoms with Gasteiger partial charge in [0.25, 0.3) is 11.1 Å². The van der Waals surface area contributed by atoms with Crippen LogP contribution in [0.25, 0.3) is 0 Å². The minimum absolute atomic E-state index is 0.160. The standard InChI is InChI=1S/C15H17ClN2O3S.C15H18N2O3S/c1-2-9-18-10-8-17-14(15(18)19)22(20,21)11-7-12-3-5-13(16)6-4-12;1-3-9-17-10-8-16-14(15(17)18)21(19,20)11-13-6-4-12(2)5-7-13/h3-6,8,10H,2,7,9,11H2,1H3;4-8,10H,3,9,11H2,1-2H3. The van der Waals surface area contributed by atoms with E-state index < -0.39 is 30.8 Å². The second kappa shape index (κ2) is 15.2. The molecule has 0 N–H and O–H groups in total. The average molecular weight is 647 g/mol. The Morgan fingerprint density at radius 3 is 1.65 bits per heavy atom. The van der Waals surface area contributed by atoms with Gasteiger partial charge in [-0.15, -0.1) is 0 Å². The summed E-state index contributed by atoms with van der Waals surface area (Å²) < 4.78 is 52.2. The number of aryl methyl sites for hydroxylation is 4. The maximum absolute atomic E-state index is 12.4. The van der Waals surface area contributed by atoms with E-state index in [0.29, 0.717) is 30.1 Å². The number of aromatic nitrogens is 4. The van der Waals surface area contributed by atoms with Crippen molar-refractivity contribution < 1.29 is 16.8 Å². The van der Waals surface area contributed by atoms with E-state index >= 15 is 0 Å². The molecule has 0 bridgehead atoms. The number of hydrogen-bond acceptors (Lipinski definition) is 8. The van der Waals surface area contributed by atoms with Crippen LogP contribution in [0.15, 0.2) is 93.0 Å². The monoisotopic (exact) mass is 646 g/mol. The third-order valence-corrected chi connectivity index (χ3v) is 9.78. The highest BCUT2D eigenvalue weighted by Gasteiger charge is 2.23. The van der Waals surface area contributed by atoms with Crippen molar-refractivity contribution >= 4 is 31.3 Å². The molecule has 0 aliphatic carbocycles. The second-order valence-electron chi connectivity index (χ2n) is 9.90. The number of rotatable bonds is 11. The molecule has 0 aliphatic rings. The summed E-state index contributed by atoms with van der Waals surface area (Å²) in [4.78, 5) is 31.9. The van der Waals surface area contributed by atoms with Gasteiger partial charge in [-0.25, -0.2) is 26.8 Å². The maximum Gasteiger partial charge on any atom is 0.288 e. The molecule has 0 amide bonds. The predicted octanol–water partition coefficient (Wildman–Crippen LogP) is 4.26. The minimum Gasteiger partial charge on any atom is -0.312 e. The Morgan fingerprint density at radius 2 is 1.16 bits per heavy atom. The van der Waals surface area contributed by atoms with Crippen LogP contribution in [0, 0.1) is 6.92 Å². The highest BCUT2D eigenvalue weighted by atomic mass is 35.5. The van der Waals surface area contributed by atoms with Crippen LogP contribution in [-0.2, 0) is 44.9 Å². The van der Waals surface area contributed by atoms with Crippen molar-refractivity contribution in [1.29, 1.82) is 0 Å². The molecule has 0 atom stereocenters. The van der Waals surface area contributed by atoms with Gasteiger partial charge in [0.1, 0.15) is 0 Å². The SMILES string of the molecule is CCCn1ccnc(S(=O)(=O)CCc2ccc(Cl)cc2)c1=O.CCCn1ccnc(S(=O)(=O)Cc2ccc(C)cc2)c1=O. The van der Waals surface area contributed by atoms with Crippen LogP contribution in [0.2, 0.25) is 5.02 Å². The zero-order valence-corrected chi connectivity index (χ0v) is 26.7. The van der Waals surface area contributed by atoms with E-state index in [1.165, 1.54) is 33.9 Å². The lowest BCUT2D eigenvalue weighted by molar-refractivity contribution is 0.577. The summed E-state index contributed by atoms with van der Waals surface area (Å²) in [6, 6.07) is 14.1. The number of halogens is 1. The molecule has 4 aromatic rings. The highest BCUT2D eigenvalue weighted by molar-refractivity contribution is 7.91. The van der Waals surface area contributed by atoms with Crippen molar-refractivity contribution in [3.63, 3.8) is 0 Å². The summed E-state index contributed by atoms with van der Waals surface area (Å²) in [5.41, 5.74) is 1.44. The van der Waals surface area contributed by atoms with Crippen molar-refractivity contribution in [3.8, 4) is 0 Å². The topological polar surface area (TPSA) is 138 Å². The Kier molecular flexibility index (Phi) is 12.0. The largest absolute Gasteiger partial charge is 0.312 e. The van der Waals surface area contributed by atoms with Gasteiger partial charge in [0.2, 0.25) is 29.7 Å². The van der Waals surface area contributed by atoms with Crippen molar-refractivity contribution in [1.82, 2.24) is 19.1 Å². The van der Waals surface area contributed by atoms with Gasteiger partial charge in [-0.1, -0.05) is 67.4 Å². The van der Waals surface area contributed by atoms with Gasteiger partial charge in [0, 0.05) is 42.9 Å². The van der Waals surface area contributed by atoms with Crippen LogP contribution in [-0.4, -0.2) is 41.7 Å². The van der Waals surface area contributed by atoms with Crippen molar-refractivity contribution in [2.24, 2.45) is 0 Å². The first-order valence-electron chi connectivity index (χ1n) is 13.7. The molecular formula is C30H35ClN4O6S2. The zero-order chi connectivity index (χ0) is 31.6. The molecule has 0 fully saturated rings. The third kappa shape index (κ3) is 9.44. The van der Waals surface area contributed by atoms with E-state index in [0.717, 1.165) is 24.0 Å². The van der Waals surface area contributed by atoms with Gasteiger partial charge in [-0.05, 0) is 49.4 Å². The molecule has 230 valence electrons. The summed E-state index contributed by atoms with van der Waals surface area (Å²) >= 11 is 5.79. The van der Waals surface area contributed by atoms with E-state index in [1.54, 1.807) is 36.4 Å². The number of sulfone groups is 2. The Balaban J connectivity index is 0.000000236. The Hall–Kier alpha value is -3.61. The Labute approximate surface area is 256 Å². The van der Waals surface area contributed by atoms with Gasteiger partial charge >= 0.3 is 0 Å². The summed E-state index contributed by atoms with van der Waals surface area (Å²) in [7, 11) is -7.46. The first kappa shape index (κ1) is 33.9. The molecule has 10 nitrogen and oxygen atoms in total. The fourth-order valence-corrected chi connectivity index (χ4v) is 6.89. The molecule has 0 spiro atoms. The fourth-order valence-electron chi connectivity index (χ4n) is 4.09. The van der Waals surface area contributed by atoms with Gasteiger partial charge in [0.15, 0.2) is 0 Å². The van der Waals surface area contributed by atoms with Crippen LogP contribution in [0.3, 0.4) is 0 Å². The van der Waals surface area contributed by atoms with Gasteiger partial charge in [0.05, 0.1) is 11.5 Å². The van der Waals surface area contributed by atoms with Crippen LogP contribution < -0.4 is 11.1 Å². The molecule has 2 heterocycles. The van der Waals surface area contributed by atoms with E-state index in [1.807, 2.05) is 32.9 Å². The lowest BCUT2D eigenvalue weighted by atomic mass is 10.2. The fraction of sp³-hybridized carbons (Fsp3) is 0.333. The van der Waals surface area contributed by atoms with E-state index in [9.17, 15) is 26.4 Å². The zero-order valence-electron chi connectivity index (χ0n) is 24.3. The predicted molar refractivity (Wildman–Crippen MR) is 167 cm³/mol. The maximum atomic E-state index is 12.4. The van der Waals surface area contributed by atoms with Gasteiger partial charge in [-0.3, -0.25) is 9.59 Å². The molecule has 0 unspecified atom stereocenters. The summed E-state index contributed by atoms with van der Waals surface area (Å²) in [5, 5.41) is -0.157. The van der Waals surface area contributed by atoms with E-state index in [-0.39, 0.29) is 21.6 Å². The van der Waals surface area contributed by atoms with Crippen molar-refractivity contribution in [3.05, 3.63) is 116 Å². The van der Waals surface area contributed by atoms with Crippen LogP contribution in [0.5, 0.6) is 0 Å². The van der Waals surface area contributed by atoms with Crippen LogP contribution >= 0.6 is 11.6 Å². The van der Waals surface area contributed by atoms with Crippen LogP contribution in [0.1, 0.15) is 43.4 Å². The quantitative estimate of drug-likeness (QED) is 0.236. The first-order chi connectivity index (χ1) is 20.4. The smallest absolute Gasteiger partial charge is 0.288 e. The molecule has 0 aliphatic heterocycles. The average Bonchev–Trinajstić information content (AvgIpc) is 2.96. The molecule has 43 heavy (non-hydrogen) atoms. The van der Waals surface area contributed by atoms with Crippen molar-refractivity contribution in [2.75, 3.05) is 5.75 Å². The van der Waals surface area contributed by atoms with E-state index in [2.05, 4.69) is 9.97 Å². The molecule has 0 saturated carbocycles. The number of benzene rings is 2. The highest BCUT2D eigenvalue weighted by Crippen LogP contribution is 2.13. The normalized spacial score (nSPS) is 11.5. The molecule has 0 radical (unpaired) electrons. The number of nitrogens with zero attached hydrogens (tertiary/aromatic N) is 4. The summed E-state index contributed by atoms with van der Waals surface area (Å²) in [6.45, 7) is 6.73. The molecule has 13 heteroatoms. The van der Waals surface area contributed by atoms with Gasteiger partial charge in [-0.2, -0.15) is 0 Å². The third-order valence-electron chi connectivity index (χ3n) is 6.33. The Morgan fingerprint density at radius 1 is 0.698 bits per heavy atom. The summed E-state index contributed by atoms with van der Waals surface area (Å²) in [5.74, 6) is -0.376. The van der Waals surface area contributed by atoms with E-state index in [4.69, 9.17) is 11.6 Å². The van der Waals surface area contributed by atoms with Crippen LogP contribution in [0.4, 0.5) is 0 Å². The molecule has 0 saturated heterocycles. The lowest BCUT2D eigenvalue weighted by Gasteiger charge is -2.07. The van der Waals surface area contributed by atoms with Gasteiger partial charge < -0.3 is 9.13 Å². The molecule has 2 aromatic heterocycles. The molecular weight excluding hydrogens is 612 g/mol. The summed E-state index contributed by atoms with van der Waals surface area (Å²) in [6.07, 6.45) is 7.53. The lowest BCUT2D eigenvalue weighted by Crippen LogP contribution is -2.28. The molecule has 2 aromatic carbocycles. The Bertz CT molecular complexity index is 1850. The minimum atomic E-state index is -3.74. The molecule has 4 rings (SSSR count). The first-order valence-corrected chi connectivity index (χ1v) is 17.4. The van der Waals surface area contributed by atoms with Crippen molar-refractivity contribution in [2.45, 2.75) is 68.9 Å².